The van der Waals surface area contributed by atoms with Crippen LogP contribution in [0, 0.1) is 12.4 Å². The maximum absolute atomic E-state index is 13.8. The van der Waals surface area contributed by atoms with Gasteiger partial charge in [0.2, 0.25) is 0 Å². The van der Waals surface area contributed by atoms with Crippen molar-refractivity contribution in [1.29, 1.82) is 0 Å². The molecule has 0 bridgehead atoms. The van der Waals surface area contributed by atoms with Gasteiger partial charge in [-0.1, -0.05) is 13.0 Å². The number of hydrogen-bond donors (Lipinski definition) is 1. The number of nitrogens with zero attached hydrogens (tertiary/aromatic N) is 1. The van der Waals surface area contributed by atoms with Crippen LogP contribution >= 0.6 is 0 Å². The number of benzene rings is 1. The van der Waals surface area contributed by atoms with Crippen molar-refractivity contribution in [2.24, 2.45) is 0 Å². The summed E-state index contributed by atoms with van der Waals surface area (Å²) < 4.78 is 65.7. The van der Waals surface area contributed by atoms with Crippen molar-refractivity contribution in [3.05, 3.63) is 69.2 Å². The van der Waals surface area contributed by atoms with Crippen LogP contribution in [0.2, 0.25) is 0 Å². The molecule has 1 unspecified atom stereocenters. The van der Waals surface area contributed by atoms with Crippen LogP contribution in [-0.2, 0) is 20.4 Å². The largest absolute Gasteiger partial charge is 0.456 e. The van der Waals surface area contributed by atoms with E-state index >= 15 is 0 Å². The fraction of sp³-hybridized carbons (Fsp3) is 0.455. The van der Waals surface area contributed by atoms with Crippen molar-refractivity contribution < 1.29 is 31.8 Å². The Morgan fingerprint density at radius 1 is 1.29 bits per heavy atom. The Morgan fingerprint density at radius 2 is 1.94 bits per heavy atom. The van der Waals surface area contributed by atoms with Crippen molar-refractivity contribution >= 4 is 5.97 Å². The van der Waals surface area contributed by atoms with Gasteiger partial charge in [0.15, 0.2) is 5.70 Å². The minimum Gasteiger partial charge on any atom is -0.456 e. The first kappa shape index (κ1) is 24.4. The summed E-state index contributed by atoms with van der Waals surface area (Å²) in [7, 11) is 1.37. The predicted octanol–water partition coefficient (Wildman–Crippen LogP) is 5.31. The molecule has 1 atom stereocenters. The molecule has 168 valence electrons. The number of ether oxygens (including phenoxy) is 2. The molecule has 1 heterocycles. The van der Waals surface area contributed by atoms with E-state index in [1.165, 1.54) is 14.0 Å². The summed E-state index contributed by atoms with van der Waals surface area (Å²) in [6, 6.07) is 2.19. The zero-order valence-corrected chi connectivity index (χ0v) is 17.9. The smallest absolute Gasteiger partial charge is 0.416 e. The molecule has 0 radical (unpaired) electrons. The van der Waals surface area contributed by atoms with Gasteiger partial charge in [-0.3, -0.25) is 0 Å². The molecule has 0 aromatic heterocycles. The second-order valence-electron chi connectivity index (χ2n) is 7.74. The highest BCUT2D eigenvalue weighted by atomic mass is 19.4. The summed E-state index contributed by atoms with van der Waals surface area (Å²) in [5.74, 6) is -3.35. The molecule has 5 nitrogen and oxygen atoms in total. The van der Waals surface area contributed by atoms with Crippen LogP contribution in [0.5, 0.6) is 0 Å². The van der Waals surface area contributed by atoms with Gasteiger partial charge in [-0.15, -0.1) is 0 Å². The summed E-state index contributed by atoms with van der Waals surface area (Å²) in [6.45, 7) is 14.1. The molecule has 1 aromatic rings. The van der Waals surface area contributed by atoms with E-state index in [-0.39, 0.29) is 29.3 Å². The molecule has 1 aliphatic rings. The fourth-order valence-electron chi connectivity index (χ4n) is 3.24. The van der Waals surface area contributed by atoms with Crippen molar-refractivity contribution in [2.75, 3.05) is 13.7 Å². The Labute approximate surface area is 178 Å². The van der Waals surface area contributed by atoms with E-state index in [9.17, 15) is 22.4 Å². The Balaban J connectivity index is 2.82. The van der Waals surface area contributed by atoms with Gasteiger partial charge >= 0.3 is 12.1 Å². The number of alkyl halides is 3. The summed E-state index contributed by atoms with van der Waals surface area (Å²) in [6.07, 6.45) is -4.44. The molecule has 0 aliphatic carbocycles. The highest BCUT2D eigenvalue weighted by Gasteiger charge is 2.43. The maximum Gasteiger partial charge on any atom is 0.416 e. The van der Waals surface area contributed by atoms with E-state index in [4.69, 9.17) is 16.0 Å². The summed E-state index contributed by atoms with van der Waals surface area (Å²) in [5, 5.41) is 2.89. The minimum atomic E-state index is -4.90. The number of halogens is 4. The molecule has 2 rings (SSSR count). The molecule has 0 saturated heterocycles. The third-order valence-corrected chi connectivity index (χ3v) is 5.09. The third kappa shape index (κ3) is 5.25. The van der Waals surface area contributed by atoms with Gasteiger partial charge in [0, 0.05) is 12.8 Å². The Bertz CT molecular complexity index is 972. The standard InChI is InChI=1S/C22H24F4N2O3/c1-7-21(3,4)31-20(29)18-16(11-30-6)28-12(2)19(27-5)17(18)14-9-8-13(23)10-15(14)22(24,25)26/h8-10,17,28H,7,11H2,1-4,6H3. The average Bonchev–Trinajstić information content (AvgIpc) is 2.66. The molecule has 0 spiro atoms. The van der Waals surface area contributed by atoms with Crippen LogP contribution in [0.1, 0.15) is 51.2 Å². The molecule has 1 aliphatic heterocycles. The Hall–Kier alpha value is -2.86. The maximum atomic E-state index is 13.8. The van der Waals surface area contributed by atoms with Gasteiger partial charge in [0.1, 0.15) is 11.4 Å². The number of carbonyl (C=O) groups excluding carboxylic acids is 1. The van der Waals surface area contributed by atoms with Crippen LogP contribution in [-0.4, -0.2) is 25.3 Å². The number of methoxy groups -OCH3 is 1. The van der Waals surface area contributed by atoms with Crippen molar-refractivity contribution in [1.82, 2.24) is 5.32 Å². The molecular weight excluding hydrogens is 416 g/mol. The monoisotopic (exact) mass is 440 g/mol. The lowest BCUT2D eigenvalue weighted by Crippen LogP contribution is -2.35. The summed E-state index contributed by atoms with van der Waals surface area (Å²) in [5.41, 5.74) is -2.38. The number of dihydropyridines is 1. The highest BCUT2D eigenvalue weighted by molar-refractivity contribution is 5.93. The number of carbonyl (C=O) groups is 1. The number of esters is 1. The van der Waals surface area contributed by atoms with E-state index in [1.807, 2.05) is 0 Å². The molecule has 0 amide bonds. The molecule has 0 saturated carbocycles. The molecule has 0 fully saturated rings. The SMILES string of the molecule is [C-]#[N+]C1=C(C)NC(COC)=C(C(=O)OC(C)(C)CC)C1c1ccc(F)cc1C(F)(F)F. The van der Waals surface area contributed by atoms with E-state index in [0.29, 0.717) is 12.5 Å². The topological polar surface area (TPSA) is 51.9 Å². The average molecular weight is 440 g/mol. The number of nitrogens with one attached hydrogen (secondary N) is 1. The van der Waals surface area contributed by atoms with E-state index in [0.717, 1.165) is 12.1 Å². The van der Waals surface area contributed by atoms with Crippen molar-refractivity contribution in [3.8, 4) is 0 Å². The number of hydrogen-bond acceptors (Lipinski definition) is 4. The highest BCUT2D eigenvalue weighted by Crippen LogP contribution is 2.45. The first-order valence-corrected chi connectivity index (χ1v) is 9.53. The van der Waals surface area contributed by atoms with Gasteiger partial charge in [-0.05, 0) is 44.9 Å². The van der Waals surface area contributed by atoms with E-state index in [1.54, 1.807) is 20.8 Å². The van der Waals surface area contributed by atoms with E-state index < -0.39 is 40.6 Å². The number of rotatable bonds is 6. The van der Waals surface area contributed by atoms with Gasteiger partial charge < -0.3 is 14.8 Å². The van der Waals surface area contributed by atoms with Crippen LogP contribution in [0.3, 0.4) is 0 Å². The Kier molecular flexibility index (Phi) is 7.17. The minimum absolute atomic E-state index is 0.113. The first-order chi connectivity index (χ1) is 14.4. The van der Waals surface area contributed by atoms with Gasteiger partial charge in [-0.25, -0.2) is 14.0 Å². The second-order valence-corrected chi connectivity index (χ2v) is 7.74. The fourth-order valence-corrected chi connectivity index (χ4v) is 3.24. The lowest BCUT2D eigenvalue weighted by Gasteiger charge is -2.33. The lowest BCUT2D eigenvalue weighted by molar-refractivity contribution is -0.152. The zero-order valence-electron chi connectivity index (χ0n) is 17.9. The predicted molar refractivity (Wildman–Crippen MR) is 106 cm³/mol. The van der Waals surface area contributed by atoms with E-state index in [2.05, 4.69) is 10.2 Å². The molecule has 31 heavy (non-hydrogen) atoms. The third-order valence-electron chi connectivity index (χ3n) is 5.09. The zero-order chi connectivity index (χ0) is 23.6. The molecular formula is C22H24F4N2O3. The quantitative estimate of drug-likeness (QED) is 0.370. The van der Waals surface area contributed by atoms with Crippen molar-refractivity contribution in [2.45, 2.75) is 51.8 Å². The lowest BCUT2D eigenvalue weighted by atomic mass is 9.81. The number of allylic oxidation sites excluding steroid dienone is 2. The normalized spacial score (nSPS) is 17.4. The molecule has 1 N–H and O–H groups in total. The first-order valence-electron chi connectivity index (χ1n) is 9.53. The van der Waals surface area contributed by atoms with Crippen LogP contribution in [0.4, 0.5) is 17.6 Å². The van der Waals surface area contributed by atoms with Gasteiger partial charge in [-0.2, -0.15) is 13.2 Å². The molecule has 9 heteroatoms. The van der Waals surface area contributed by atoms with Gasteiger partial charge in [0.05, 0.1) is 35.9 Å². The van der Waals surface area contributed by atoms with Gasteiger partial charge in [0.25, 0.3) is 0 Å². The van der Waals surface area contributed by atoms with Crippen LogP contribution in [0.15, 0.2) is 40.9 Å². The summed E-state index contributed by atoms with van der Waals surface area (Å²) in [4.78, 5) is 16.6. The summed E-state index contributed by atoms with van der Waals surface area (Å²) >= 11 is 0. The van der Waals surface area contributed by atoms with Crippen molar-refractivity contribution in [3.63, 3.8) is 0 Å². The van der Waals surface area contributed by atoms with Crippen LogP contribution < -0.4 is 5.32 Å². The van der Waals surface area contributed by atoms with Crippen LogP contribution in [0.25, 0.3) is 4.85 Å². The second kappa shape index (κ2) is 9.10. The molecule has 1 aromatic carbocycles. The Morgan fingerprint density at radius 3 is 2.45 bits per heavy atom.